The highest BCUT2D eigenvalue weighted by Gasteiger charge is 2.27. The zero-order valence-electron chi connectivity index (χ0n) is 13.3. The van der Waals surface area contributed by atoms with Gasteiger partial charge in [-0.3, -0.25) is 29.8 Å². The molecule has 0 bridgehead atoms. The molecule has 0 fully saturated rings. The third kappa shape index (κ3) is 4.08. The molecule has 2 rings (SSSR count). The summed E-state index contributed by atoms with van der Waals surface area (Å²) in [4.78, 5) is 43.2. The topological polar surface area (TPSA) is 165 Å². The molecular formula is C15H12N4O7. The summed E-state index contributed by atoms with van der Waals surface area (Å²) in [6, 6.07) is 7.25. The van der Waals surface area contributed by atoms with Gasteiger partial charge in [-0.05, 0) is 18.2 Å². The Labute approximate surface area is 145 Å². The van der Waals surface area contributed by atoms with Crippen molar-refractivity contribution in [3.05, 3.63) is 62.2 Å². The van der Waals surface area contributed by atoms with Gasteiger partial charge in [-0.25, -0.2) is 0 Å². The summed E-state index contributed by atoms with van der Waals surface area (Å²) >= 11 is 0. The smallest absolute Gasteiger partial charge is 0.318 e. The van der Waals surface area contributed by atoms with E-state index in [2.05, 4.69) is 10.6 Å². The van der Waals surface area contributed by atoms with E-state index in [1.165, 1.54) is 25.1 Å². The average molecular weight is 360 g/mol. The van der Waals surface area contributed by atoms with Crippen molar-refractivity contribution in [2.24, 2.45) is 0 Å². The molecule has 0 aliphatic rings. The first-order valence-corrected chi connectivity index (χ1v) is 7.04. The van der Waals surface area contributed by atoms with Crippen LogP contribution in [0.5, 0.6) is 5.75 Å². The largest absolute Gasteiger partial charge is 0.502 e. The third-order valence-electron chi connectivity index (χ3n) is 3.17. The Morgan fingerprint density at radius 3 is 2.15 bits per heavy atom. The molecule has 2 amide bonds. The van der Waals surface area contributed by atoms with Crippen LogP contribution in [0.25, 0.3) is 0 Å². The van der Waals surface area contributed by atoms with Gasteiger partial charge in [-0.15, -0.1) is 0 Å². The Morgan fingerprint density at radius 1 is 1.00 bits per heavy atom. The number of hydrogen-bond donors (Lipinski definition) is 3. The van der Waals surface area contributed by atoms with Gasteiger partial charge >= 0.3 is 5.69 Å². The van der Waals surface area contributed by atoms with Crippen molar-refractivity contribution in [2.45, 2.75) is 6.92 Å². The maximum Gasteiger partial charge on any atom is 0.318 e. The van der Waals surface area contributed by atoms with E-state index in [4.69, 9.17) is 0 Å². The van der Waals surface area contributed by atoms with Crippen LogP contribution in [0.2, 0.25) is 0 Å². The number of aromatic hydroxyl groups is 1. The monoisotopic (exact) mass is 360 g/mol. The van der Waals surface area contributed by atoms with E-state index in [0.717, 1.165) is 6.07 Å². The molecule has 0 unspecified atom stereocenters. The van der Waals surface area contributed by atoms with Crippen LogP contribution in [0.4, 0.5) is 22.7 Å². The van der Waals surface area contributed by atoms with Gasteiger partial charge in [-0.1, -0.05) is 6.07 Å². The Kier molecular flexibility index (Phi) is 5.11. The predicted octanol–water partition coefficient (Wildman–Crippen LogP) is 2.42. The Hall–Kier alpha value is -4.02. The molecule has 0 radical (unpaired) electrons. The second-order valence-electron chi connectivity index (χ2n) is 5.09. The highest BCUT2D eigenvalue weighted by Crippen LogP contribution is 2.34. The number of rotatable bonds is 5. The molecule has 0 spiro atoms. The lowest BCUT2D eigenvalue weighted by Crippen LogP contribution is -2.13. The summed E-state index contributed by atoms with van der Waals surface area (Å²) in [7, 11) is 0. The van der Waals surface area contributed by atoms with E-state index in [1.54, 1.807) is 6.07 Å². The van der Waals surface area contributed by atoms with E-state index < -0.39 is 38.4 Å². The summed E-state index contributed by atoms with van der Waals surface area (Å²) in [5, 5.41) is 36.6. The lowest BCUT2D eigenvalue weighted by atomic mass is 10.1. The number of carbonyl (C=O) groups is 2. The minimum absolute atomic E-state index is 0.204. The Bertz CT molecular complexity index is 926. The van der Waals surface area contributed by atoms with Crippen molar-refractivity contribution in [3.63, 3.8) is 0 Å². The van der Waals surface area contributed by atoms with E-state index >= 15 is 0 Å². The number of carbonyl (C=O) groups excluding carboxylic acids is 2. The fraction of sp³-hybridized carbons (Fsp3) is 0.0667. The molecule has 0 aliphatic heterocycles. The lowest BCUT2D eigenvalue weighted by Gasteiger charge is -2.09. The molecule has 11 nitrogen and oxygen atoms in total. The van der Waals surface area contributed by atoms with E-state index in [0.29, 0.717) is 11.8 Å². The number of non-ortho nitro benzene ring substituents is 1. The molecule has 11 heteroatoms. The van der Waals surface area contributed by atoms with Gasteiger partial charge < -0.3 is 15.7 Å². The van der Waals surface area contributed by atoms with Crippen molar-refractivity contribution in [3.8, 4) is 5.75 Å². The summed E-state index contributed by atoms with van der Waals surface area (Å²) in [6.45, 7) is 1.30. The molecule has 26 heavy (non-hydrogen) atoms. The van der Waals surface area contributed by atoms with Gasteiger partial charge in [0.05, 0.1) is 21.5 Å². The molecule has 134 valence electrons. The first-order valence-electron chi connectivity index (χ1n) is 7.04. The van der Waals surface area contributed by atoms with Crippen LogP contribution in [-0.2, 0) is 4.79 Å². The number of benzene rings is 2. The lowest BCUT2D eigenvalue weighted by molar-refractivity contribution is -0.394. The molecule has 0 saturated carbocycles. The quantitative estimate of drug-likeness (QED) is 0.544. The second kappa shape index (κ2) is 7.25. The van der Waals surface area contributed by atoms with Gasteiger partial charge in [0, 0.05) is 24.4 Å². The molecule has 3 N–H and O–H groups in total. The van der Waals surface area contributed by atoms with Crippen LogP contribution in [0.1, 0.15) is 17.3 Å². The average Bonchev–Trinajstić information content (AvgIpc) is 2.54. The van der Waals surface area contributed by atoms with Crippen molar-refractivity contribution < 1.29 is 24.5 Å². The highest BCUT2D eigenvalue weighted by molar-refractivity contribution is 6.07. The van der Waals surface area contributed by atoms with E-state index in [-0.39, 0.29) is 11.6 Å². The molecule has 0 saturated heterocycles. The number of nitrogens with zero attached hydrogens (tertiary/aromatic N) is 2. The summed E-state index contributed by atoms with van der Waals surface area (Å²) in [5.74, 6) is -2.31. The fourth-order valence-corrected chi connectivity index (χ4v) is 2.10. The summed E-state index contributed by atoms with van der Waals surface area (Å²) < 4.78 is 0. The number of phenolic OH excluding ortho intramolecular Hbond substituents is 1. The molecule has 0 aliphatic carbocycles. The predicted molar refractivity (Wildman–Crippen MR) is 90.1 cm³/mol. The minimum Gasteiger partial charge on any atom is -0.502 e. The van der Waals surface area contributed by atoms with Crippen LogP contribution < -0.4 is 10.6 Å². The second-order valence-corrected chi connectivity index (χ2v) is 5.09. The van der Waals surface area contributed by atoms with Crippen molar-refractivity contribution >= 4 is 34.6 Å². The molecule has 2 aromatic carbocycles. The van der Waals surface area contributed by atoms with E-state index in [9.17, 15) is 34.9 Å². The van der Waals surface area contributed by atoms with Crippen molar-refractivity contribution in [1.29, 1.82) is 0 Å². The van der Waals surface area contributed by atoms with Crippen LogP contribution in [0.3, 0.4) is 0 Å². The van der Waals surface area contributed by atoms with E-state index in [1.807, 2.05) is 0 Å². The fourth-order valence-electron chi connectivity index (χ4n) is 2.10. The number of amides is 2. The van der Waals surface area contributed by atoms with Gasteiger partial charge in [0.2, 0.25) is 11.7 Å². The van der Waals surface area contributed by atoms with Gasteiger partial charge in [-0.2, -0.15) is 0 Å². The number of hydrogen-bond acceptors (Lipinski definition) is 7. The molecule has 0 heterocycles. The minimum atomic E-state index is -1.03. The summed E-state index contributed by atoms with van der Waals surface area (Å²) in [5.41, 5.74) is -1.72. The molecular weight excluding hydrogens is 348 g/mol. The first-order chi connectivity index (χ1) is 12.2. The first kappa shape index (κ1) is 18.3. The number of phenols is 1. The zero-order chi connectivity index (χ0) is 19.4. The van der Waals surface area contributed by atoms with Crippen LogP contribution in [-0.4, -0.2) is 26.8 Å². The van der Waals surface area contributed by atoms with Crippen LogP contribution in [0.15, 0.2) is 36.4 Å². The zero-order valence-corrected chi connectivity index (χ0v) is 13.3. The number of nitro benzene ring substituents is 2. The van der Waals surface area contributed by atoms with Crippen LogP contribution >= 0.6 is 0 Å². The van der Waals surface area contributed by atoms with Gasteiger partial charge in [0.25, 0.3) is 11.6 Å². The summed E-state index contributed by atoms with van der Waals surface area (Å²) in [6.07, 6.45) is 0. The van der Waals surface area contributed by atoms with Crippen molar-refractivity contribution in [2.75, 3.05) is 10.6 Å². The molecule has 0 aromatic heterocycles. The van der Waals surface area contributed by atoms with Crippen LogP contribution in [0, 0.1) is 20.2 Å². The van der Waals surface area contributed by atoms with Crippen molar-refractivity contribution in [1.82, 2.24) is 0 Å². The molecule has 2 aromatic rings. The Balaban J connectivity index is 2.39. The SMILES string of the molecule is CC(=O)Nc1cccc(NC(=O)c2cc([N+](=O)[O-])cc([N+](=O)[O-])c2O)c1. The Morgan fingerprint density at radius 2 is 1.62 bits per heavy atom. The highest BCUT2D eigenvalue weighted by atomic mass is 16.6. The standard InChI is InChI=1S/C15H12N4O7/c1-8(20)16-9-3-2-4-10(5-9)17-15(22)12-6-11(18(23)24)7-13(14(12)21)19(25)26/h2-7,21H,1H3,(H,16,20)(H,17,22). The molecule has 0 atom stereocenters. The number of anilines is 2. The van der Waals surface area contributed by atoms with Gasteiger partial charge in [0.1, 0.15) is 0 Å². The number of nitrogens with one attached hydrogen (secondary N) is 2. The maximum absolute atomic E-state index is 12.3. The number of nitro groups is 2. The van der Waals surface area contributed by atoms with Gasteiger partial charge in [0.15, 0.2) is 0 Å². The maximum atomic E-state index is 12.3. The normalized spacial score (nSPS) is 10.0. The third-order valence-corrected chi connectivity index (χ3v) is 3.17.